The van der Waals surface area contributed by atoms with Crippen LogP contribution in [0.3, 0.4) is 0 Å². The standard InChI is InChI=1S/C13H15O3S/c1-3-9-16-13(7-5-4-6-8-13)12(14)15-10-11-17-2/h1,4-8H,9-11H2,2H3. The van der Waals surface area contributed by atoms with E-state index in [0.717, 1.165) is 5.75 Å². The molecule has 1 aliphatic carbocycles. The number of terminal acetylenes is 1. The van der Waals surface area contributed by atoms with Gasteiger partial charge in [-0.15, -0.1) is 6.42 Å². The molecule has 0 heterocycles. The average Bonchev–Trinajstić information content (AvgIpc) is 2.37. The molecule has 17 heavy (non-hydrogen) atoms. The average molecular weight is 251 g/mol. The normalized spacial score (nSPS) is 22.1. The third-order valence-corrected chi connectivity index (χ3v) is 2.72. The molecule has 0 saturated heterocycles. The predicted octanol–water partition coefficient (Wildman–Crippen LogP) is 1.61. The lowest BCUT2D eigenvalue weighted by Gasteiger charge is -2.27. The maximum atomic E-state index is 12.0. The Morgan fingerprint density at radius 1 is 1.47 bits per heavy atom. The minimum atomic E-state index is -1.17. The number of ether oxygens (including phenoxy) is 2. The molecular weight excluding hydrogens is 236 g/mol. The summed E-state index contributed by atoms with van der Waals surface area (Å²) >= 11 is 1.61. The van der Waals surface area contributed by atoms with E-state index in [4.69, 9.17) is 15.9 Å². The molecule has 0 spiro atoms. The Balaban J connectivity index is 2.63. The number of hydrogen-bond donors (Lipinski definition) is 0. The molecule has 0 bridgehead atoms. The molecule has 4 heteroatoms. The van der Waals surface area contributed by atoms with Crippen molar-refractivity contribution in [3.63, 3.8) is 0 Å². The van der Waals surface area contributed by atoms with E-state index in [2.05, 4.69) is 5.92 Å². The maximum Gasteiger partial charge on any atom is 0.343 e. The summed E-state index contributed by atoms with van der Waals surface area (Å²) in [5.74, 6) is 2.68. The van der Waals surface area contributed by atoms with Crippen LogP contribution in [0, 0.1) is 18.8 Å². The summed E-state index contributed by atoms with van der Waals surface area (Å²) in [6.07, 6.45) is 15.7. The van der Waals surface area contributed by atoms with Crippen LogP contribution in [0.25, 0.3) is 0 Å². The monoisotopic (exact) mass is 251 g/mol. The van der Waals surface area contributed by atoms with Crippen molar-refractivity contribution in [1.82, 2.24) is 0 Å². The van der Waals surface area contributed by atoms with Crippen LogP contribution in [0.2, 0.25) is 0 Å². The zero-order chi connectivity index (χ0) is 12.6. The summed E-state index contributed by atoms with van der Waals surface area (Å²) in [5, 5.41) is 0. The molecule has 1 atom stereocenters. The smallest absolute Gasteiger partial charge is 0.343 e. The lowest BCUT2D eigenvalue weighted by atomic mass is 9.95. The van der Waals surface area contributed by atoms with Gasteiger partial charge in [0.15, 0.2) is 5.60 Å². The molecule has 1 rings (SSSR count). The van der Waals surface area contributed by atoms with Crippen molar-refractivity contribution in [3.05, 3.63) is 30.7 Å². The van der Waals surface area contributed by atoms with Crippen LogP contribution in [0.4, 0.5) is 0 Å². The maximum absolute atomic E-state index is 12.0. The Hall–Kier alpha value is -1.18. The Morgan fingerprint density at radius 3 is 2.88 bits per heavy atom. The summed E-state index contributed by atoms with van der Waals surface area (Å²) in [7, 11) is 0. The van der Waals surface area contributed by atoms with Gasteiger partial charge in [-0.2, -0.15) is 11.8 Å². The molecule has 0 fully saturated rings. The summed E-state index contributed by atoms with van der Waals surface area (Å²) in [5.41, 5.74) is -1.17. The van der Waals surface area contributed by atoms with Crippen molar-refractivity contribution in [2.45, 2.75) is 5.60 Å². The second-order valence-electron chi connectivity index (χ2n) is 3.33. The molecule has 1 aliphatic rings. The topological polar surface area (TPSA) is 35.5 Å². The number of hydrogen-bond acceptors (Lipinski definition) is 4. The highest BCUT2D eigenvalue weighted by Crippen LogP contribution is 2.23. The van der Waals surface area contributed by atoms with Gasteiger partial charge in [0, 0.05) is 12.2 Å². The first-order valence-corrected chi connectivity index (χ1v) is 6.58. The van der Waals surface area contributed by atoms with Gasteiger partial charge in [-0.05, 0) is 12.3 Å². The van der Waals surface area contributed by atoms with Crippen molar-refractivity contribution < 1.29 is 14.3 Å². The molecule has 0 saturated carbocycles. The summed E-state index contributed by atoms with van der Waals surface area (Å²) in [6.45, 7) is 0.429. The van der Waals surface area contributed by atoms with Gasteiger partial charge in [0.2, 0.25) is 0 Å². The van der Waals surface area contributed by atoms with E-state index in [1.54, 1.807) is 36.4 Å². The van der Waals surface area contributed by atoms with Crippen molar-refractivity contribution in [1.29, 1.82) is 0 Å². The molecule has 91 valence electrons. The number of rotatable bonds is 6. The SMILES string of the molecule is C#CCOC1(C(=O)OCCSC)[CH]C=CC=C1. The van der Waals surface area contributed by atoms with Crippen LogP contribution in [0.15, 0.2) is 24.3 Å². The van der Waals surface area contributed by atoms with Crippen LogP contribution in [0.5, 0.6) is 0 Å². The molecule has 3 nitrogen and oxygen atoms in total. The van der Waals surface area contributed by atoms with E-state index in [9.17, 15) is 4.79 Å². The van der Waals surface area contributed by atoms with Crippen molar-refractivity contribution in [2.24, 2.45) is 0 Å². The number of thioether (sulfide) groups is 1. The highest BCUT2D eigenvalue weighted by molar-refractivity contribution is 7.98. The highest BCUT2D eigenvalue weighted by Gasteiger charge is 2.38. The molecule has 0 aromatic carbocycles. The Bertz CT molecular complexity index is 354. The van der Waals surface area contributed by atoms with Crippen molar-refractivity contribution in [3.8, 4) is 12.3 Å². The summed E-state index contributed by atoms with van der Waals surface area (Å²) in [4.78, 5) is 12.0. The Morgan fingerprint density at radius 2 is 2.29 bits per heavy atom. The Labute approximate surface area is 106 Å². The van der Waals surface area contributed by atoms with Gasteiger partial charge in [0.1, 0.15) is 13.2 Å². The van der Waals surface area contributed by atoms with Gasteiger partial charge in [0.05, 0.1) is 0 Å². The van der Waals surface area contributed by atoms with Crippen LogP contribution < -0.4 is 0 Å². The van der Waals surface area contributed by atoms with E-state index >= 15 is 0 Å². The molecule has 0 aliphatic heterocycles. The van der Waals surface area contributed by atoms with E-state index in [0.29, 0.717) is 6.61 Å². The minimum absolute atomic E-state index is 0.0618. The minimum Gasteiger partial charge on any atom is -0.462 e. The predicted molar refractivity (Wildman–Crippen MR) is 69.4 cm³/mol. The fourth-order valence-electron chi connectivity index (χ4n) is 1.30. The van der Waals surface area contributed by atoms with Crippen LogP contribution in [-0.2, 0) is 14.3 Å². The summed E-state index contributed by atoms with van der Waals surface area (Å²) < 4.78 is 10.6. The first kappa shape index (κ1) is 13.9. The van der Waals surface area contributed by atoms with Crippen LogP contribution >= 0.6 is 11.8 Å². The van der Waals surface area contributed by atoms with Gasteiger partial charge >= 0.3 is 5.97 Å². The van der Waals surface area contributed by atoms with E-state index < -0.39 is 11.6 Å². The third-order valence-electron chi connectivity index (χ3n) is 2.14. The van der Waals surface area contributed by atoms with Crippen LogP contribution in [0.1, 0.15) is 0 Å². The first-order valence-electron chi connectivity index (χ1n) is 5.19. The molecule has 1 unspecified atom stereocenters. The van der Waals surface area contributed by atoms with Gasteiger partial charge in [-0.3, -0.25) is 0 Å². The second kappa shape index (κ2) is 7.21. The quantitative estimate of drug-likeness (QED) is 0.408. The number of allylic oxidation sites excluding steroid dienone is 2. The first-order chi connectivity index (χ1) is 8.25. The molecule has 0 aromatic heterocycles. The zero-order valence-corrected chi connectivity index (χ0v) is 10.5. The fraction of sp³-hybridized carbons (Fsp3) is 0.385. The van der Waals surface area contributed by atoms with Gasteiger partial charge in [-0.25, -0.2) is 4.79 Å². The molecule has 0 amide bonds. The third kappa shape index (κ3) is 3.95. The largest absolute Gasteiger partial charge is 0.462 e. The molecule has 0 N–H and O–H groups in total. The van der Waals surface area contributed by atoms with Gasteiger partial charge < -0.3 is 9.47 Å². The van der Waals surface area contributed by atoms with E-state index in [-0.39, 0.29) is 6.61 Å². The van der Waals surface area contributed by atoms with Gasteiger partial charge in [0.25, 0.3) is 0 Å². The Kier molecular flexibility index (Phi) is 5.88. The molecule has 1 radical (unpaired) electrons. The van der Waals surface area contributed by atoms with Crippen molar-refractivity contribution in [2.75, 3.05) is 25.2 Å². The number of carbonyl (C=O) groups excluding carboxylic acids is 1. The van der Waals surface area contributed by atoms with Crippen LogP contribution in [-0.4, -0.2) is 36.8 Å². The van der Waals surface area contributed by atoms with Gasteiger partial charge in [-0.1, -0.05) is 24.1 Å². The summed E-state index contributed by atoms with van der Waals surface area (Å²) in [6, 6.07) is 0. The molecular formula is C13H15O3S. The lowest BCUT2D eigenvalue weighted by molar-refractivity contribution is -0.160. The second-order valence-corrected chi connectivity index (χ2v) is 4.31. The van der Waals surface area contributed by atoms with E-state index in [1.165, 1.54) is 0 Å². The van der Waals surface area contributed by atoms with Crippen molar-refractivity contribution >= 4 is 17.7 Å². The lowest BCUT2D eigenvalue weighted by Crippen LogP contribution is -2.42. The zero-order valence-electron chi connectivity index (χ0n) is 9.72. The highest BCUT2D eigenvalue weighted by atomic mass is 32.2. The molecule has 0 aromatic rings. The number of esters is 1. The van der Waals surface area contributed by atoms with E-state index in [1.807, 2.05) is 12.3 Å². The number of carbonyl (C=O) groups is 1. The fourth-order valence-corrected chi connectivity index (χ4v) is 1.55.